The van der Waals surface area contributed by atoms with Gasteiger partial charge in [-0.1, -0.05) is 13.8 Å². The van der Waals surface area contributed by atoms with Crippen LogP contribution >= 0.6 is 0 Å². The van der Waals surface area contributed by atoms with E-state index in [9.17, 15) is 18.4 Å². The van der Waals surface area contributed by atoms with E-state index in [1.807, 2.05) is 0 Å². The molecule has 1 amide bonds. The molecule has 0 saturated heterocycles. The minimum Gasteiger partial charge on any atom is -0.480 e. The number of aliphatic carboxylic acids is 1. The number of hydrogen-bond acceptors (Lipinski definition) is 2. The molecule has 0 bridgehead atoms. The molecule has 0 radical (unpaired) electrons. The maximum Gasteiger partial charge on any atom is 0.326 e. The van der Waals surface area contributed by atoms with Gasteiger partial charge in [-0.05, 0) is 30.5 Å². The maximum atomic E-state index is 13.4. The van der Waals surface area contributed by atoms with E-state index < -0.39 is 35.1 Å². The van der Waals surface area contributed by atoms with Crippen molar-refractivity contribution in [2.24, 2.45) is 5.92 Å². The maximum absolute atomic E-state index is 13.4. The van der Waals surface area contributed by atoms with Gasteiger partial charge in [0.1, 0.15) is 17.7 Å². The fraction of sp³-hybridized carbons (Fsp3) is 0.385. The molecule has 0 fully saturated rings. The van der Waals surface area contributed by atoms with Gasteiger partial charge < -0.3 is 10.4 Å². The summed E-state index contributed by atoms with van der Waals surface area (Å²) in [5, 5.41) is 11.1. The molecule has 0 aliphatic rings. The Kier molecular flexibility index (Phi) is 4.97. The highest BCUT2D eigenvalue weighted by atomic mass is 19.1. The smallest absolute Gasteiger partial charge is 0.326 e. The molecule has 0 spiro atoms. The Morgan fingerprint density at radius 1 is 1.32 bits per heavy atom. The summed E-state index contributed by atoms with van der Waals surface area (Å²) in [5.41, 5.74) is -0.505. The van der Waals surface area contributed by atoms with Crippen LogP contribution in [-0.2, 0) is 4.79 Å². The van der Waals surface area contributed by atoms with Crippen molar-refractivity contribution in [2.45, 2.75) is 26.3 Å². The average molecular weight is 271 g/mol. The van der Waals surface area contributed by atoms with Crippen molar-refractivity contribution in [3.63, 3.8) is 0 Å². The van der Waals surface area contributed by atoms with Crippen LogP contribution in [0.15, 0.2) is 18.2 Å². The molecule has 2 N–H and O–H groups in total. The van der Waals surface area contributed by atoms with Gasteiger partial charge in [0.25, 0.3) is 5.91 Å². The number of rotatable bonds is 5. The highest BCUT2D eigenvalue weighted by Crippen LogP contribution is 2.11. The van der Waals surface area contributed by atoms with E-state index in [2.05, 4.69) is 5.32 Å². The van der Waals surface area contributed by atoms with Crippen LogP contribution in [0.1, 0.15) is 30.6 Å². The first-order chi connectivity index (χ1) is 8.81. The van der Waals surface area contributed by atoms with E-state index in [4.69, 9.17) is 5.11 Å². The minimum atomic E-state index is -1.21. The van der Waals surface area contributed by atoms with Crippen molar-refractivity contribution in [2.75, 3.05) is 0 Å². The lowest BCUT2D eigenvalue weighted by molar-refractivity contribution is -0.139. The Morgan fingerprint density at radius 3 is 2.47 bits per heavy atom. The molecule has 6 heteroatoms. The molecule has 0 aromatic heterocycles. The summed E-state index contributed by atoms with van der Waals surface area (Å²) in [4.78, 5) is 22.7. The summed E-state index contributed by atoms with van der Waals surface area (Å²) < 4.78 is 26.3. The van der Waals surface area contributed by atoms with E-state index in [1.54, 1.807) is 13.8 Å². The van der Waals surface area contributed by atoms with Crippen LogP contribution in [0.25, 0.3) is 0 Å². The Bertz CT molecular complexity index is 489. The van der Waals surface area contributed by atoms with Crippen molar-refractivity contribution in [3.8, 4) is 0 Å². The first kappa shape index (κ1) is 15.1. The molecule has 0 aliphatic carbocycles. The number of carboxylic acids is 1. The van der Waals surface area contributed by atoms with Crippen LogP contribution in [0.4, 0.5) is 8.78 Å². The zero-order valence-electron chi connectivity index (χ0n) is 10.6. The predicted octanol–water partition coefficient (Wildman–Crippen LogP) is 2.19. The fourth-order valence-corrected chi connectivity index (χ4v) is 1.60. The largest absolute Gasteiger partial charge is 0.480 e. The van der Waals surface area contributed by atoms with Gasteiger partial charge >= 0.3 is 5.97 Å². The van der Waals surface area contributed by atoms with Gasteiger partial charge in [0.15, 0.2) is 0 Å². The van der Waals surface area contributed by atoms with Crippen LogP contribution in [0, 0.1) is 17.6 Å². The number of hydrogen-bond donors (Lipinski definition) is 2. The minimum absolute atomic E-state index is 0.0405. The normalized spacial score (nSPS) is 12.3. The third-order valence-electron chi connectivity index (χ3n) is 2.48. The SMILES string of the molecule is CC(C)C[C@@H](NC(=O)c1cc(F)ccc1F)C(=O)O. The number of halogens is 2. The topological polar surface area (TPSA) is 66.4 Å². The number of benzene rings is 1. The zero-order valence-corrected chi connectivity index (χ0v) is 10.6. The molecule has 1 rings (SSSR count). The van der Waals surface area contributed by atoms with Crippen LogP contribution in [0.5, 0.6) is 0 Å². The van der Waals surface area contributed by atoms with Gasteiger partial charge in [0.05, 0.1) is 5.56 Å². The zero-order chi connectivity index (χ0) is 14.6. The van der Waals surface area contributed by atoms with Gasteiger partial charge in [0, 0.05) is 0 Å². The second-order valence-corrected chi connectivity index (χ2v) is 4.62. The second-order valence-electron chi connectivity index (χ2n) is 4.62. The number of nitrogens with one attached hydrogen (secondary N) is 1. The Morgan fingerprint density at radius 2 is 1.95 bits per heavy atom. The van der Waals surface area contributed by atoms with Crippen molar-refractivity contribution >= 4 is 11.9 Å². The van der Waals surface area contributed by atoms with E-state index in [-0.39, 0.29) is 12.3 Å². The second kappa shape index (κ2) is 6.26. The van der Waals surface area contributed by atoms with Crippen molar-refractivity contribution in [3.05, 3.63) is 35.4 Å². The number of carbonyl (C=O) groups excluding carboxylic acids is 1. The van der Waals surface area contributed by atoms with E-state index in [0.29, 0.717) is 0 Å². The molecule has 0 saturated carbocycles. The van der Waals surface area contributed by atoms with E-state index in [0.717, 1.165) is 18.2 Å². The van der Waals surface area contributed by atoms with Crippen LogP contribution in [-0.4, -0.2) is 23.0 Å². The quantitative estimate of drug-likeness (QED) is 0.862. The Hall–Kier alpha value is -1.98. The predicted molar refractivity (Wildman–Crippen MR) is 64.7 cm³/mol. The van der Waals surface area contributed by atoms with Gasteiger partial charge in [-0.15, -0.1) is 0 Å². The van der Waals surface area contributed by atoms with Crippen LogP contribution < -0.4 is 5.32 Å². The Balaban J connectivity index is 2.87. The molecular formula is C13H15F2NO3. The number of carbonyl (C=O) groups is 2. The molecule has 1 aromatic rings. The molecular weight excluding hydrogens is 256 g/mol. The first-order valence-corrected chi connectivity index (χ1v) is 5.80. The van der Waals surface area contributed by atoms with Crippen molar-refractivity contribution in [1.29, 1.82) is 0 Å². The third-order valence-corrected chi connectivity index (χ3v) is 2.48. The summed E-state index contributed by atoms with van der Waals surface area (Å²) in [6, 6.07) is 1.31. The molecule has 4 nitrogen and oxygen atoms in total. The molecule has 1 atom stereocenters. The van der Waals surface area contributed by atoms with Gasteiger partial charge in [-0.3, -0.25) is 4.79 Å². The first-order valence-electron chi connectivity index (χ1n) is 5.80. The lowest BCUT2D eigenvalue weighted by Gasteiger charge is -2.16. The van der Waals surface area contributed by atoms with Crippen LogP contribution in [0.3, 0.4) is 0 Å². The molecule has 1 aromatic carbocycles. The average Bonchev–Trinajstić information content (AvgIpc) is 2.30. The highest BCUT2D eigenvalue weighted by Gasteiger charge is 2.23. The highest BCUT2D eigenvalue weighted by molar-refractivity contribution is 5.96. The van der Waals surface area contributed by atoms with Crippen LogP contribution in [0.2, 0.25) is 0 Å². The van der Waals surface area contributed by atoms with Crippen molar-refractivity contribution in [1.82, 2.24) is 5.32 Å². The van der Waals surface area contributed by atoms with Gasteiger partial charge in [-0.2, -0.15) is 0 Å². The summed E-state index contributed by atoms with van der Waals surface area (Å²) >= 11 is 0. The number of amides is 1. The van der Waals surface area contributed by atoms with Gasteiger partial charge in [0.2, 0.25) is 0 Å². The lowest BCUT2D eigenvalue weighted by Crippen LogP contribution is -2.41. The van der Waals surface area contributed by atoms with Gasteiger partial charge in [-0.25, -0.2) is 13.6 Å². The summed E-state index contributed by atoms with van der Waals surface area (Å²) in [6.07, 6.45) is 0.206. The lowest BCUT2D eigenvalue weighted by atomic mass is 10.0. The van der Waals surface area contributed by atoms with E-state index >= 15 is 0 Å². The summed E-state index contributed by atoms with van der Waals surface area (Å²) in [7, 11) is 0. The molecule has 104 valence electrons. The van der Waals surface area contributed by atoms with Crippen molar-refractivity contribution < 1.29 is 23.5 Å². The standard InChI is InChI=1S/C13H15F2NO3/c1-7(2)5-11(13(18)19)16-12(17)9-6-8(14)3-4-10(9)15/h3-4,6-7,11H,5H2,1-2H3,(H,16,17)(H,18,19)/t11-/m1/s1. The summed E-state index contributed by atoms with van der Waals surface area (Å²) in [6.45, 7) is 3.59. The number of carboxylic acid groups (broad SMARTS) is 1. The monoisotopic (exact) mass is 271 g/mol. The summed E-state index contributed by atoms with van der Waals surface area (Å²) in [5.74, 6) is -3.77. The molecule has 19 heavy (non-hydrogen) atoms. The Labute approximate surface area is 109 Å². The fourth-order valence-electron chi connectivity index (χ4n) is 1.60. The molecule has 0 unspecified atom stereocenters. The molecule has 0 aliphatic heterocycles. The third kappa shape index (κ3) is 4.31. The van der Waals surface area contributed by atoms with E-state index in [1.165, 1.54) is 0 Å². The molecule has 0 heterocycles.